The van der Waals surface area contributed by atoms with Crippen LogP contribution in [-0.4, -0.2) is 44.5 Å². The number of benzene rings is 1. The number of amides is 1. The molecule has 1 saturated heterocycles. The van der Waals surface area contributed by atoms with Crippen LogP contribution in [0, 0.1) is 23.1 Å². The summed E-state index contributed by atoms with van der Waals surface area (Å²) in [5.74, 6) is -2.04. The van der Waals surface area contributed by atoms with Crippen LogP contribution in [0.4, 0.5) is 13.2 Å². The van der Waals surface area contributed by atoms with Gasteiger partial charge >= 0.3 is 0 Å². The van der Waals surface area contributed by atoms with Gasteiger partial charge in [0.25, 0.3) is 0 Å². The molecule has 0 saturated carbocycles. The third-order valence-electron chi connectivity index (χ3n) is 7.64. The highest BCUT2D eigenvalue weighted by molar-refractivity contribution is 8.15. The smallest absolute Gasteiger partial charge is 0.239 e. The van der Waals surface area contributed by atoms with Gasteiger partial charge in [-0.05, 0) is 63.1 Å². The maximum atomic E-state index is 15.3. The number of nitrogens with zero attached hydrogens (tertiary/aromatic N) is 4. The lowest BCUT2D eigenvalue weighted by Gasteiger charge is -2.48. The Balaban J connectivity index is 1.72. The second-order valence-electron chi connectivity index (χ2n) is 9.85. The van der Waals surface area contributed by atoms with Gasteiger partial charge in [0.1, 0.15) is 28.6 Å². The zero-order valence-corrected chi connectivity index (χ0v) is 21.8. The molecule has 1 fully saturated rings. The van der Waals surface area contributed by atoms with Gasteiger partial charge in [0.05, 0.1) is 22.8 Å². The number of thioether (sulfide) groups is 1. The van der Waals surface area contributed by atoms with E-state index in [1.807, 2.05) is 6.07 Å². The van der Waals surface area contributed by atoms with E-state index in [-0.39, 0.29) is 28.8 Å². The number of halogens is 3. The molecule has 1 aromatic carbocycles. The van der Waals surface area contributed by atoms with Gasteiger partial charge in [-0.3, -0.25) is 14.8 Å². The molecule has 2 aromatic rings. The molecule has 37 heavy (non-hydrogen) atoms. The lowest BCUT2D eigenvalue weighted by molar-refractivity contribution is -0.136. The monoisotopic (exact) mass is 527 g/mol. The van der Waals surface area contributed by atoms with E-state index < -0.39 is 40.1 Å². The molecule has 5 atom stereocenters. The molecule has 2 aliphatic rings. The molecular formula is C27H28F3N5OS. The molecule has 194 valence electrons. The second-order valence-corrected chi connectivity index (χ2v) is 11.3. The van der Waals surface area contributed by atoms with Crippen LogP contribution >= 0.6 is 11.8 Å². The van der Waals surface area contributed by atoms with Gasteiger partial charge in [-0.15, -0.1) is 0 Å². The summed E-state index contributed by atoms with van der Waals surface area (Å²) >= 11 is 1.10. The first-order valence-electron chi connectivity index (χ1n) is 11.9. The number of nitrogens with two attached hydrogens (primary N) is 1. The fourth-order valence-electron chi connectivity index (χ4n) is 5.03. The normalized spacial score (nSPS) is 30.1. The zero-order valence-electron chi connectivity index (χ0n) is 21.0. The lowest BCUT2D eigenvalue weighted by atomic mass is 9.73. The Kier molecular flexibility index (Phi) is 7.12. The summed E-state index contributed by atoms with van der Waals surface area (Å²) in [4.78, 5) is 23.8. The number of likely N-dealkylation sites (tertiary alicyclic amines) is 1. The van der Waals surface area contributed by atoms with Crippen molar-refractivity contribution in [3.05, 3.63) is 64.7 Å². The number of carbonyl (C=O) groups is 1. The summed E-state index contributed by atoms with van der Waals surface area (Å²) in [6.07, 6.45) is 1.65. The molecule has 6 nitrogen and oxygen atoms in total. The van der Waals surface area contributed by atoms with E-state index in [4.69, 9.17) is 11.0 Å². The van der Waals surface area contributed by atoms with Crippen molar-refractivity contribution in [1.82, 2.24) is 9.88 Å². The SMILES string of the molecule is CC1[C@@](C)(C(=O)N2CC[C@H](F)[C@@H]2C)SC(N)=N[C@]1(C)c1cc(/C=C(\F)c2ccc(C#N)cn2)ccc1F. The standard InChI is InChI=1S/C27H28F3N5OS/c1-15-20(28)9-10-35(15)24(36)27(4)16(2)26(3,34-25(32)37-27)19-11-17(5-7-21(19)29)12-22(30)23-8-6-18(13-31)14-33-23/h5-8,11-12,14-16,20H,9-10H2,1-4H3,(H2,32,34)/b22-12-/t15-,16?,20-,26-,27-/m0/s1. The second kappa shape index (κ2) is 9.86. The highest BCUT2D eigenvalue weighted by Gasteiger charge is 2.56. The highest BCUT2D eigenvalue weighted by atomic mass is 32.2. The lowest BCUT2D eigenvalue weighted by Crippen LogP contribution is -2.58. The predicted octanol–water partition coefficient (Wildman–Crippen LogP) is 5.19. The average Bonchev–Trinajstić information content (AvgIpc) is 3.20. The van der Waals surface area contributed by atoms with Crippen LogP contribution in [0.5, 0.6) is 0 Å². The van der Waals surface area contributed by atoms with Gasteiger partial charge < -0.3 is 10.6 Å². The molecule has 2 N–H and O–H groups in total. The largest absolute Gasteiger partial charge is 0.378 e. The number of nitriles is 1. The third-order valence-corrected chi connectivity index (χ3v) is 8.89. The Morgan fingerprint density at radius 3 is 2.62 bits per heavy atom. The van der Waals surface area contributed by atoms with Crippen molar-refractivity contribution in [2.75, 3.05) is 6.54 Å². The summed E-state index contributed by atoms with van der Waals surface area (Å²) < 4.78 is 43.3. The number of aliphatic imine (C=N–C) groups is 1. The van der Waals surface area contributed by atoms with Crippen LogP contribution in [0.3, 0.4) is 0 Å². The maximum absolute atomic E-state index is 15.3. The van der Waals surface area contributed by atoms with Gasteiger partial charge in [-0.1, -0.05) is 24.8 Å². The van der Waals surface area contributed by atoms with Gasteiger partial charge in [-0.2, -0.15) is 5.26 Å². The van der Waals surface area contributed by atoms with Gasteiger partial charge in [0.2, 0.25) is 5.91 Å². The Bertz CT molecular complexity index is 1320. The van der Waals surface area contributed by atoms with Crippen molar-refractivity contribution in [1.29, 1.82) is 5.26 Å². The van der Waals surface area contributed by atoms with Crippen molar-refractivity contribution in [2.24, 2.45) is 16.6 Å². The molecule has 1 amide bonds. The third kappa shape index (κ3) is 4.73. The van der Waals surface area contributed by atoms with E-state index in [0.29, 0.717) is 17.7 Å². The highest BCUT2D eigenvalue weighted by Crippen LogP contribution is 2.51. The number of aromatic nitrogens is 1. The summed E-state index contributed by atoms with van der Waals surface area (Å²) in [5, 5.41) is 9.03. The molecule has 0 aliphatic carbocycles. The molecule has 1 aromatic heterocycles. The molecule has 2 aliphatic heterocycles. The first-order valence-corrected chi connectivity index (χ1v) is 12.8. The Labute approximate surface area is 218 Å². The van der Waals surface area contributed by atoms with Crippen LogP contribution in [0.15, 0.2) is 41.5 Å². The van der Waals surface area contributed by atoms with Crippen molar-refractivity contribution >= 4 is 34.7 Å². The quantitative estimate of drug-likeness (QED) is 0.591. The van der Waals surface area contributed by atoms with Crippen LogP contribution in [-0.2, 0) is 10.3 Å². The van der Waals surface area contributed by atoms with Gasteiger partial charge in [-0.25, -0.2) is 13.2 Å². The minimum absolute atomic E-state index is 0.0323. The number of hydrogen-bond donors (Lipinski definition) is 1. The maximum Gasteiger partial charge on any atom is 0.239 e. The first-order chi connectivity index (χ1) is 17.4. The molecular weight excluding hydrogens is 499 g/mol. The summed E-state index contributed by atoms with van der Waals surface area (Å²) in [6, 6.07) is 8.35. The Morgan fingerprint density at radius 2 is 2.03 bits per heavy atom. The molecule has 3 heterocycles. The average molecular weight is 528 g/mol. The minimum atomic E-state index is -1.26. The summed E-state index contributed by atoms with van der Waals surface area (Å²) in [6.45, 7) is 7.22. The number of carbonyl (C=O) groups excluding carboxylic acids is 1. The topological polar surface area (TPSA) is 95.4 Å². The predicted molar refractivity (Wildman–Crippen MR) is 139 cm³/mol. The zero-order chi connectivity index (χ0) is 27.1. The Hall–Kier alpha value is -3.32. The minimum Gasteiger partial charge on any atom is -0.378 e. The van der Waals surface area contributed by atoms with Crippen LogP contribution in [0.1, 0.15) is 56.5 Å². The van der Waals surface area contributed by atoms with E-state index in [1.54, 1.807) is 27.7 Å². The van der Waals surface area contributed by atoms with Crippen molar-refractivity contribution in [3.8, 4) is 6.07 Å². The van der Waals surface area contributed by atoms with E-state index >= 15 is 4.39 Å². The molecule has 1 unspecified atom stereocenters. The van der Waals surface area contributed by atoms with Crippen LogP contribution in [0.2, 0.25) is 0 Å². The number of alkyl halides is 1. The molecule has 0 radical (unpaired) electrons. The van der Waals surface area contributed by atoms with E-state index in [1.165, 1.54) is 47.5 Å². The van der Waals surface area contributed by atoms with E-state index in [2.05, 4.69) is 9.98 Å². The van der Waals surface area contributed by atoms with Gasteiger partial charge in [0.15, 0.2) is 5.17 Å². The van der Waals surface area contributed by atoms with Gasteiger partial charge in [0, 0.05) is 24.2 Å². The van der Waals surface area contributed by atoms with Crippen molar-refractivity contribution < 1.29 is 18.0 Å². The number of amidine groups is 1. The number of rotatable bonds is 4. The first kappa shape index (κ1) is 26.7. The number of hydrogen-bond acceptors (Lipinski definition) is 6. The van der Waals surface area contributed by atoms with Crippen molar-refractivity contribution in [3.63, 3.8) is 0 Å². The molecule has 4 rings (SSSR count). The fraction of sp³-hybridized carbons (Fsp3) is 0.407. The van der Waals surface area contributed by atoms with E-state index in [9.17, 15) is 13.6 Å². The van der Waals surface area contributed by atoms with Crippen LogP contribution < -0.4 is 5.73 Å². The summed E-state index contributed by atoms with van der Waals surface area (Å²) in [5.41, 5.74) is 5.80. The molecule has 0 spiro atoms. The fourth-order valence-corrected chi connectivity index (χ4v) is 6.31. The molecule has 10 heteroatoms. The van der Waals surface area contributed by atoms with Crippen LogP contribution in [0.25, 0.3) is 11.9 Å². The van der Waals surface area contributed by atoms with E-state index in [0.717, 1.165) is 11.8 Å². The molecule has 0 bridgehead atoms. The number of pyridine rings is 1. The Morgan fingerprint density at radius 1 is 1.30 bits per heavy atom. The summed E-state index contributed by atoms with van der Waals surface area (Å²) in [7, 11) is 0. The van der Waals surface area contributed by atoms with Crippen molar-refractivity contribution in [2.45, 2.75) is 56.6 Å².